The van der Waals surface area contributed by atoms with Crippen LogP contribution in [0, 0.1) is 0 Å². The monoisotopic (exact) mass is 385 g/mol. The van der Waals surface area contributed by atoms with Gasteiger partial charge in [-0.2, -0.15) is 5.10 Å². The first-order valence-electron chi connectivity index (χ1n) is 6.98. The van der Waals surface area contributed by atoms with E-state index in [1.165, 1.54) is 20.4 Å². The molecule has 0 radical (unpaired) electrons. The Morgan fingerprint density at radius 1 is 1.30 bits per heavy atom. The quantitative estimate of drug-likeness (QED) is 0.444. The molecule has 23 heavy (non-hydrogen) atoms. The Morgan fingerprint density at radius 2 is 2.00 bits per heavy atom. The molecule has 1 rings (SSSR count). The Hall–Kier alpha value is -2.09. The van der Waals surface area contributed by atoms with Gasteiger partial charge in [-0.15, -0.1) is 0 Å². The van der Waals surface area contributed by atoms with Crippen LogP contribution < -0.4 is 20.2 Å². The lowest BCUT2D eigenvalue weighted by molar-refractivity contribution is -0.139. The minimum Gasteiger partial charge on any atom is -0.493 e. The summed E-state index contributed by atoms with van der Waals surface area (Å²) in [6.45, 7) is 3.73. The van der Waals surface area contributed by atoms with E-state index in [-0.39, 0.29) is 6.04 Å². The molecule has 2 amide bonds. The minimum absolute atomic E-state index is 0.0703. The first kappa shape index (κ1) is 19.0. The minimum atomic E-state index is -0.818. The maximum absolute atomic E-state index is 11.6. The van der Waals surface area contributed by atoms with Crippen LogP contribution in [-0.2, 0) is 9.59 Å². The molecule has 0 bridgehead atoms. The van der Waals surface area contributed by atoms with Gasteiger partial charge in [0.25, 0.3) is 0 Å². The highest BCUT2D eigenvalue weighted by molar-refractivity contribution is 9.10. The van der Waals surface area contributed by atoms with Crippen molar-refractivity contribution in [1.82, 2.24) is 10.7 Å². The number of carbonyl (C=O) groups excluding carboxylic acids is 2. The molecule has 0 spiro atoms. The fraction of sp³-hybridized carbons (Fsp3) is 0.400. The SMILES string of the molecule is CC[C@@H](C)NC(=O)C(=O)N/N=C\c1cc(Br)c(OC)c(OC)c1. The normalized spacial score (nSPS) is 11.9. The van der Waals surface area contributed by atoms with Crippen molar-refractivity contribution >= 4 is 34.0 Å². The summed E-state index contributed by atoms with van der Waals surface area (Å²) in [5.41, 5.74) is 2.84. The molecular formula is C15H20BrN3O4. The lowest BCUT2D eigenvalue weighted by atomic mass is 10.2. The van der Waals surface area contributed by atoms with Crippen LogP contribution in [0.4, 0.5) is 0 Å². The predicted octanol–water partition coefficient (Wildman–Crippen LogP) is 1.83. The highest BCUT2D eigenvalue weighted by atomic mass is 79.9. The molecule has 0 saturated heterocycles. The molecule has 1 atom stereocenters. The number of methoxy groups -OCH3 is 2. The molecule has 1 aromatic carbocycles. The number of benzene rings is 1. The fourth-order valence-electron chi connectivity index (χ4n) is 1.62. The number of nitrogens with zero attached hydrogens (tertiary/aromatic N) is 1. The smallest absolute Gasteiger partial charge is 0.329 e. The average Bonchev–Trinajstić information content (AvgIpc) is 2.53. The van der Waals surface area contributed by atoms with Gasteiger partial charge in [-0.05, 0) is 47.0 Å². The summed E-state index contributed by atoms with van der Waals surface area (Å²) in [5.74, 6) is -0.461. The molecule has 0 heterocycles. The third kappa shape index (κ3) is 5.55. The number of halogens is 1. The van der Waals surface area contributed by atoms with E-state index >= 15 is 0 Å². The van der Waals surface area contributed by atoms with Crippen molar-refractivity contribution in [2.45, 2.75) is 26.3 Å². The van der Waals surface area contributed by atoms with E-state index in [2.05, 4.69) is 31.8 Å². The van der Waals surface area contributed by atoms with E-state index in [0.717, 1.165) is 6.42 Å². The van der Waals surface area contributed by atoms with Crippen molar-refractivity contribution in [2.75, 3.05) is 14.2 Å². The summed E-state index contributed by atoms with van der Waals surface area (Å²) in [4.78, 5) is 23.1. The lowest BCUT2D eigenvalue weighted by Crippen LogP contribution is -2.41. The van der Waals surface area contributed by atoms with Crippen LogP contribution in [0.15, 0.2) is 21.7 Å². The largest absolute Gasteiger partial charge is 0.493 e. The molecule has 1 aromatic rings. The van der Waals surface area contributed by atoms with Gasteiger partial charge in [-0.25, -0.2) is 5.43 Å². The van der Waals surface area contributed by atoms with E-state index in [0.29, 0.717) is 21.5 Å². The first-order chi connectivity index (χ1) is 10.9. The van der Waals surface area contributed by atoms with E-state index in [1.54, 1.807) is 12.1 Å². The molecular weight excluding hydrogens is 366 g/mol. The summed E-state index contributed by atoms with van der Waals surface area (Å²) in [6.07, 6.45) is 2.14. The molecule has 7 nitrogen and oxygen atoms in total. The third-order valence-electron chi connectivity index (χ3n) is 3.03. The molecule has 0 aromatic heterocycles. The van der Waals surface area contributed by atoms with Gasteiger partial charge in [-0.1, -0.05) is 6.92 Å². The van der Waals surface area contributed by atoms with Crippen LogP contribution >= 0.6 is 15.9 Å². The fourth-order valence-corrected chi connectivity index (χ4v) is 2.24. The molecule has 0 aliphatic rings. The molecule has 2 N–H and O–H groups in total. The number of hydrogen-bond acceptors (Lipinski definition) is 5. The van der Waals surface area contributed by atoms with Gasteiger partial charge in [0.05, 0.1) is 24.9 Å². The number of amides is 2. The Morgan fingerprint density at radius 3 is 2.57 bits per heavy atom. The molecule has 0 aliphatic heterocycles. The lowest BCUT2D eigenvalue weighted by Gasteiger charge is -2.10. The first-order valence-corrected chi connectivity index (χ1v) is 7.77. The summed E-state index contributed by atoms with van der Waals surface area (Å²) < 4.78 is 11.1. The van der Waals surface area contributed by atoms with Crippen molar-refractivity contribution in [2.24, 2.45) is 5.10 Å². The Balaban J connectivity index is 2.73. The number of nitrogens with one attached hydrogen (secondary N) is 2. The van der Waals surface area contributed by atoms with Gasteiger partial charge in [0.1, 0.15) is 0 Å². The van der Waals surface area contributed by atoms with Crippen molar-refractivity contribution in [3.63, 3.8) is 0 Å². The Kier molecular flexibility index (Phi) is 7.53. The second kappa shape index (κ2) is 9.14. The Bertz CT molecular complexity index is 605. The average molecular weight is 386 g/mol. The summed E-state index contributed by atoms with van der Waals surface area (Å²) in [6, 6.07) is 3.37. The zero-order chi connectivity index (χ0) is 17.4. The highest BCUT2D eigenvalue weighted by Crippen LogP contribution is 2.35. The van der Waals surface area contributed by atoms with Crippen LogP contribution in [0.1, 0.15) is 25.8 Å². The second-order valence-corrected chi connectivity index (χ2v) is 5.57. The predicted molar refractivity (Wildman–Crippen MR) is 90.9 cm³/mol. The van der Waals surface area contributed by atoms with Crippen LogP contribution in [-0.4, -0.2) is 38.3 Å². The molecule has 0 saturated carbocycles. The number of hydrogen-bond donors (Lipinski definition) is 2. The van der Waals surface area contributed by atoms with Gasteiger partial charge in [0, 0.05) is 6.04 Å². The van der Waals surface area contributed by atoms with Crippen LogP contribution in [0.25, 0.3) is 0 Å². The van der Waals surface area contributed by atoms with Gasteiger partial charge < -0.3 is 14.8 Å². The van der Waals surface area contributed by atoms with E-state index in [1.807, 2.05) is 13.8 Å². The van der Waals surface area contributed by atoms with Crippen LogP contribution in [0.5, 0.6) is 11.5 Å². The van der Waals surface area contributed by atoms with Crippen LogP contribution in [0.3, 0.4) is 0 Å². The second-order valence-electron chi connectivity index (χ2n) is 4.72. The van der Waals surface area contributed by atoms with Gasteiger partial charge in [0.15, 0.2) is 11.5 Å². The van der Waals surface area contributed by atoms with E-state index < -0.39 is 11.8 Å². The number of hydrazone groups is 1. The van der Waals surface area contributed by atoms with E-state index in [4.69, 9.17) is 9.47 Å². The highest BCUT2D eigenvalue weighted by Gasteiger charge is 2.14. The van der Waals surface area contributed by atoms with Crippen molar-refractivity contribution in [3.8, 4) is 11.5 Å². The molecule has 0 unspecified atom stereocenters. The van der Waals surface area contributed by atoms with Crippen molar-refractivity contribution < 1.29 is 19.1 Å². The number of rotatable bonds is 6. The van der Waals surface area contributed by atoms with Crippen molar-refractivity contribution in [3.05, 3.63) is 22.2 Å². The molecule has 126 valence electrons. The molecule has 0 fully saturated rings. The number of carbonyl (C=O) groups is 2. The number of ether oxygens (including phenoxy) is 2. The third-order valence-corrected chi connectivity index (χ3v) is 3.62. The summed E-state index contributed by atoms with van der Waals surface area (Å²) >= 11 is 3.36. The summed E-state index contributed by atoms with van der Waals surface area (Å²) in [7, 11) is 3.05. The maximum atomic E-state index is 11.6. The Labute approximate surface area is 143 Å². The van der Waals surface area contributed by atoms with E-state index in [9.17, 15) is 9.59 Å². The van der Waals surface area contributed by atoms with Gasteiger partial charge in [-0.3, -0.25) is 9.59 Å². The van der Waals surface area contributed by atoms with Crippen LogP contribution in [0.2, 0.25) is 0 Å². The summed E-state index contributed by atoms with van der Waals surface area (Å²) in [5, 5.41) is 6.32. The zero-order valence-corrected chi connectivity index (χ0v) is 15.1. The topological polar surface area (TPSA) is 89.0 Å². The molecule has 8 heteroatoms. The standard InChI is InChI=1S/C15H20BrN3O4/c1-5-9(2)18-14(20)15(21)19-17-8-10-6-11(16)13(23-4)12(7-10)22-3/h6-9H,5H2,1-4H3,(H,18,20)(H,19,21)/b17-8-/t9-/m1/s1. The van der Waals surface area contributed by atoms with Gasteiger partial charge >= 0.3 is 11.8 Å². The van der Waals surface area contributed by atoms with Crippen molar-refractivity contribution in [1.29, 1.82) is 0 Å². The zero-order valence-electron chi connectivity index (χ0n) is 13.5. The molecule has 0 aliphatic carbocycles. The van der Waals surface area contributed by atoms with Gasteiger partial charge in [0.2, 0.25) is 0 Å². The maximum Gasteiger partial charge on any atom is 0.329 e.